The van der Waals surface area contributed by atoms with Crippen molar-refractivity contribution in [3.05, 3.63) is 64.6 Å². The van der Waals surface area contributed by atoms with Crippen LogP contribution in [0.3, 0.4) is 0 Å². The van der Waals surface area contributed by atoms with E-state index in [1.807, 2.05) is 30.3 Å². The molecule has 0 saturated carbocycles. The molecule has 0 saturated heterocycles. The van der Waals surface area contributed by atoms with Gasteiger partial charge < -0.3 is 14.6 Å². The van der Waals surface area contributed by atoms with Crippen LogP contribution in [0.15, 0.2) is 53.6 Å². The monoisotopic (exact) mass is 272 g/mol. The third kappa shape index (κ3) is 3.47. The third-order valence-corrected chi connectivity index (χ3v) is 2.84. The van der Waals surface area contributed by atoms with Gasteiger partial charge in [0.15, 0.2) is 5.43 Å². The minimum absolute atomic E-state index is 0.134. The van der Waals surface area contributed by atoms with E-state index in [0.29, 0.717) is 13.2 Å². The van der Waals surface area contributed by atoms with Gasteiger partial charge in [-0.25, -0.2) is 0 Å². The molecule has 0 atom stereocenters. The summed E-state index contributed by atoms with van der Waals surface area (Å²) in [7, 11) is 1.64. The van der Waals surface area contributed by atoms with Crippen molar-refractivity contribution < 1.29 is 9.53 Å². The Labute approximate surface area is 116 Å². The van der Waals surface area contributed by atoms with Crippen LogP contribution in [0, 0.1) is 0 Å². The molecule has 0 bridgehead atoms. The summed E-state index contributed by atoms with van der Waals surface area (Å²) in [6, 6.07) is 10.7. The first kappa shape index (κ1) is 13.9. The van der Waals surface area contributed by atoms with Crippen LogP contribution in [0.5, 0.6) is 5.75 Å². The molecule has 2 rings (SSSR count). The molecule has 5 heteroatoms. The van der Waals surface area contributed by atoms with Crippen LogP contribution in [0.2, 0.25) is 0 Å². The molecule has 1 amide bonds. The number of ether oxygens (including phenoxy) is 1. The van der Waals surface area contributed by atoms with Gasteiger partial charge in [0, 0.05) is 25.5 Å². The van der Waals surface area contributed by atoms with E-state index in [1.165, 1.54) is 23.4 Å². The van der Waals surface area contributed by atoms with E-state index in [1.54, 1.807) is 7.05 Å². The maximum Gasteiger partial charge on any atom is 0.259 e. The summed E-state index contributed by atoms with van der Waals surface area (Å²) in [6.45, 7) is 0.777. The molecule has 0 unspecified atom stereocenters. The van der Waals surface area contributed by atoms with E-state index >= 15 is 0 Å². The number of aromatic amines is 1. The van der Waals surface area contributed by atoms with Crippen LogP contribution in [-0.2, 0) is 0 Å². The molecule has 1 N–H and O–H groups in total. The standard InChI is InChI=1S/C15H16N2O3/c1-17(9-10-20-12-5-3-2-4-6-12)15(19)13-11-16-8-7-14(13)18/h2-8,11H,9-10H2,1H3,(H,16,18). The number of nitrogens with zero attached hydrogens (tertiary/aromatic N) is 1. The number of carbonyl (C=O) groups is 1. The highest BCUT2D eigenvalue weighted by molar-refractivity contribution is 5.93. The number of rotatable bonds is 5. The van der Waals surface area contributed by atoms with Crippen LogP contribution in [0.25, 0.3) is 0 Å². The highest BCUT2D eigenvalue weighted by Gasteiger charge is 2.14. The van der Waals surface area contributed by atoms with E-state index in [2.05, 4.69) is 4.98 Å². The van der Waals surface area contributed by atoms with E-state index in [4.69, 9.17) is 4.74 Å². The molecule has 5 nitrogen and oxygen atoms in total. The summed E-state index contributed by atoms with van der Waals surface area (Å²) in [5, 5.41) is 0. The third-order valence-electron chi connectivity index (χ3n) is 2.84. The van der Waals surface area contributed by atoms with Crippen LogP contribution in [0.4, 0.5) is 0 Å². The van der Waals surface area contributed by atoms with Gasteiger partial charge in [-0.05, 0) is 12.1 Å². The first-order valence-corrected chi connectivity index (χ1v) is 6.29. The van der Waals surface area contributed by atoms with Crippen molar-refractivity contribution >= 4 is 5.91 Å². The fourth-order valence-corrected chi connectivity index (χ4v) is 1.71. The largest absolute Gasteiger partial charge is 0.492 e. The number of carbonyl (C=O) groups excluding carboxylic acids is 1. The predicted octanol–water partition coefficient (Wildman–Crippen LogP) is 1.53. The lowest BCUT2D eigenvalue weighted by atomic mass is 10.2. The fourth-order valence-electron chi connectivity index (χ4n) is 1.71. The number of pyridine rings is 1. The number of likely N-dealkylation sites (N-methyl/N-ethyl adjacent to an activating group) is 1. The number of aromatic nitrogens is 1. The molecule has 1 aromatic heterocycles. The number of nitrogens with one attached hydrogen (secondary N) is 1. The lowest BCUT2D eigenvalue weighted by Gasteiger charge is -2.17. The topological polar surface area (TPSA) is 62.4 Å². The Bertz CT molecular complexity index is 622. The molecule has 0 aliphatic heterocycles. The highest BCUT2D eigenvalue weighted by Crippen LogP contribution is 2.08. The first-order chi connectivity index (χ1) is 9.68. The van der Waals surface area contributed by atoms with Gasteiger partial charge in [0.25, 0.3) is 5.91 Å². The maximum atomic E-state index is 12.1. The van der Waals surface area contributed by atoms with E-state index in [9.17, 15) is 9.59 Å². The van der Waals surface area contributed by atoms with Crippen molar-refractivity contribution in [1.29, 1.82) is 0 Å². The van der Waals surface area contributed by atoms with E-state index < -0.39 is 0 Å². The highest BCUT2D eigenvalue weighted by atomic mass is 16.5. The van der Waals surface area contributed by atoms with Crippen molar-refractivity contribution in [2.24, 2.45) is 0 Å². The Kier molecular flexibility index (Phi) is 4.55. The molecule has 0 aliphatic rings. The molecule has 0 fully saturated rings. The predicted molar refractivity (Wildman–Crippen MR) is 76.0 cm³/mol. The van der Waals surface area contributed by atoms with Gasteiger partial charge in [0.05, 0.1) is 6.54 Å². The number of hydrogen-bond donors (Lipinski definition) is 1. The lowest BCUT2D eigenvalue weighted by molar-refractivity contribution is 0.0772. The number of benzene rings is 1. The lowest BCUT2D eigenvalue weighted by Crippen LogP contribution is -2.33. The molecule has 104 valence electrons. The van der Waals surface area contributed by atoms with Crippen LogP contribution < -0.4 is 10.2 Å². The molecule has 20 heavy (non-hydrogen) atoms. The Morgan fingerprint density at radius 1 is 1.25 bits per heavy atom. The molecule has 0 aliphatic carbocycles. The average Bonchev–Trinajstić information content (AvgIpc) is 2.48. The second kappa shape index (κ2) is 6.56. The van der Waals surface area contributed by atoms with E-state index in [-0.39, 0.29) is 16.9 Å². The zero-order chi connectivity index (χ0) is 14.4. The zero-order valence-electron chi connectivity index (χ0n) is 11.2. The first-order valence-electron chi connectivity index (χ1n) is 6.29. The van der Waals surface area contributed by atoms with Gasteiger partial charge in [0.1, 0.15) is 17.9 Å². The van der Waals surface area contributed by atoms with E-state index in [0.717, 1.165) is 5.75 Å². The van der Waals surface area contributed by atoms with Crippen molar-refractivity contribution in [2.45, 2.75) is 0 Å². The summed E-state index contributed by atoms with van der Waals surface area (Å²) in [6.07, 6.45) is 2.91. The number of H-pyrrole nitrogens is 1. The molecule has 1 heterocycles. The number of para-hydroxylation sites is 1. The number of amides is 1. The summed E-state index contributed by atoms with van der Waals surface area (Å²) in [5.41, 5.74) is -0.153. The van der Waals surface area contributed by atoms with Crippen molar-refractivity contribution in [3.8, 4) is 5.75 Å². The Morgan fingerprint density at radius 2 is 2.00 bits per heavy atom. The Balaban J connectivity index is 1.89. The normalized spacial score (nSPS) is 10.1. The minimum atomic E-state index is -0.316. The summed E-state index contributed by atoms with van der Waals surface area (Å²) < 4.78 is 5.51. The fraction of sp³-hybridized carbons (Fsp3) is 0.200. The summed E-state index contributed by atoms with van der Waals surface area (Å²) >= 11 is 0. The molecular formula is C15H16N2O3. The van der Waals surface area contributed by atoms with Crippen LogP contribution in [0.1, 0.15) is 10.4 Å². The van der Waals surface area contributed by atoms with Crippen LogP contribution >= 0.6 is 0 Å². The maximum absolute atomic E-state index is 12.1. The molecule has 2 aromatic rings. The summed E-state index contributed by atoms with van der Waals surface area (Å²) in [4.78, 5) is 27.8. The van der Waals surface area contributed by atoms with Gasteiger partial charge in [-0.1, -0.05) is 18.2 Å². The molecular weight excluding hydrogens is 256 g/mol. The summed E-state index contributed by atoms with van der Waals surface area (Å²) in [5.74, 6) is 0.439. The Hall–Kier alpha value is -2.56. The van der Waals surface area contributed by atoms with Crippen LogP contribution in [-0.4, -0.2) is 36.0 Å². The van der Waals surface area contributed by atoms with Gasteiger partial charge in [-0.15, -0.1) is 0 Å². The van der Waals surface area contributed by atoms with Gasteiger partial charge in [0.2, 0.25) is 0 Å². The van der Waals surface area contributed by atoms with Gasteiger partial charge in [-0.3, -0.25) is 9.59 Å². The van der Waals surface area contributed by atoms with Gasteiger partial charge in [-0.2, -0.15) is 0 Å². The second-order valence-corrected chi connectivity index (χ2v) is 4.31. The molecule has 0 spiro atoms. The minimum Gasteiger partial charge on any atom is -0.492 e. The second-order valence-electron chi connectivity index (χ2n) is 4.31. The molecule has 0 radical (unpaired) electrons. The van der Waals surface area contributed by atoms with Crippen molar-refractivity contribution in [2.75, 3.05) is 20.2 Å². The van der Waals surface area contributed by atoms with Crippen molar-refractivity contribution in [3.63, 3.8) is 0 Å². The SMILES string of the molecule is CN(CCOc1ccccc1)C(=O)c1c[nH]ccc1=O. The van der Waals surface area contributed by atoms with Crippen molar-refractivity contribution in [1.82, 2.24) is 9.88 Å². The number of hydrogen-bond acceptors (Lipinski definition) is 3. The molecule has 1 aromatic carbocycles. The average molecular weight is 272 g/mol. The zero-order valence-corrected chi connectivity index (χ0v) is 11.2. The Morgan fingerprint density at radius 3 is 2.70 bits per heavy atom. The smallest absolute Gasteiger partial charge is 0.259 e. The quantitative estimate of drug-likeness (QED) is 0.897. The van der Waals surface area contributed by atoms with Gasteiger partial charge >= 0.3 is 0 Å².